The predicted molar refractivity (Wildman–Crippen MR) is 72.2 cm³/mol. The zero-order valence-electron chi connectivity index (χ0n) is 11.8. The lowest BCUT2D eigenvalue weighted by atomic mass is 9.83. The summed E-state index contributed by atoms with van der Waals surface area (Å²) in [6, 6.07) is 5.64. The van der Waals surface area contributed by atoms with E-state index >= 15 is 0 Å². The molecule has 0 bridgehead atoms. The summed E-state index contributed by atoms with van der Waals surface area (Å²) in [7, 11) is 1.64. The number of hydrogen-bond acceptors (Lipinski definition) is 2. The van der Waals surface area contributed by atoms with Crippen LogP contribution in [0.3, 0.4) is 0 Å². The van der Waals surface area contributed by atoms with Crippen LogP contribution in [-0.2, 0) is 16.6 Å². The summed E-state index contributed by atoms with van der Waals surface area (Å²) in [5, 5.41) is 9.26. The fourth-order valence-electron chi connectivity index (χ4n) is 1.89. The summed E-state index contributed by atoms with van der Waals surface area (Å²) in [6.45, 7) is 7.70. The highest BCUT2D eigenvalue weighted by Gasteiger charge is 2.30. The summed E-state index contributed by atoms with van der Waals surface area (Å²) < 4.78 is 5.33. The Morgan fingerprint density at radius 2 is 2.00 bits per heavy atom. The van der Waals surface area contributed by atoms with E-state index in [1.165, 1.54) is 0 Å². The van der Waals surface area contributed by atoms with Crippen molar-refractivity contribution in [3.05, 3.63) is 29.3 Å². The highest BCUT2D eigenvalue weighted by Crippen LogP contribution is 2.30. The number of rotatable bonds is 5. The normalized spacial score (nSPS) is 11.7. The molecule has 0 spiro atoms. The number of benzene rings is 1. The number of aliphatic carboxylic acids is 1. The minimum atomic E-state index is -0.877. The summed E-state index contributed by atoms with van der Waals surface area (Å²) in [5.74, 6) is 0.513. The monoisotopic (exact) mass is 250 g/mol. The Morgan fingerprint density at radius 3 is 2.44 bits per heavy atom. The van der Waals surface area contributed by atoms with Crippen molar-refractivity contribution in [2.24, 2.45) is 5.92 Å². The van der Waals surface area contributed by atoms with Gasteiger partial charge in [-0.1, -0.05) is 26.0 Å². The Bertz CT molecular complexity index is 433. The summed E-state index contributed by atoms with van der Waals surface area (Å²) in [5.41, 5.74) is 1.00. The van der Waals surface area contributed by atoms with Gasteiger partial charge >= 0.3 is 5.97 Å². The molecule has 1 aromatic carbocycles. The molecule has 1 N–H and O–H groups in total. The maximum atomic E-state index is 11.3. The van der Waals surface area contributed by atoms with Gasteiger partial charge in [0.2, 0.25) is 0 Å². The lowest BCUT2D eigenvalue weighted by molar-refractivity contribution is -0.142. The molecule has 0 aliphatic carbocycles. The van der Waals surface area contributed by atoms with Gasteiger partial charge in [0.1, 0.15) is 5.75 Å². The SMILES string of the molecule is COc1ccc(C(C)(C)C(=O)O)cc1CC(C)C. The maximum Gasteiger partial charge on any atom is 0.313 e. The number of carbonyl (C=O) groups is 1. The third-order valence-electron chi connectivity index (χ3n) is 3.16. The van der Waals surface area contributed by atoms with Crippen LogP contribution >= 0.6 is 0 Å². The fraction of sp³-hybridized carbons (Fsp3) is 0.533. The van der Waals surface area contributed by atoms with E-state index in [9.17, 15) is 9.90 Å². The van der Waals surface area contributed by atoms with Crippen molar-refractivity contribution in [2.45, 2.75) is 39.5 Å². The van der Waals surface area contributed by atoms with Crippen LogP contribution in [0.5, 0.6) is 5.75 Å². The third kappa shape index (κ3) is 3.03. The summed E-state index contributed by atoms with van der Waals surface area (Å²) >= 11 is 0. The molecule has 1 rings (SSSR count). The second-order valence-electron chi connectivity index (χ2n) is 5.55. The molecular formula is C15H22O3. The van der Waals surface area contributed by atoms with Crippen LogP contribution in [0.1, 0.15) is 38.8 Å². The van der Waals surface area contributed by atoms with Crippen molar-refractivity contribution in [3.63, 3.8) is 0 Å². The second-order valence-corrected chi connectivity index (χ2v) is 5.55. The molecule has 0 heterocycles. The van der Waals surface area contributed by atoms with Crippen molar-refractivity contribution in [1.82, 2.24) is 0 Å². The quantitative estimate of drug-likeness (QED) is 0.872. The van der Waals surface area contributed by atoms with Gasteiger partial charge in [0.15, 0.2) is 0 Å². The maximum absolute atomic E-state index is 11.3. The lowest BCUT2D eigenvalue weighted by Gasteiger charge is -2.22. The molecular weight excluding hydrogens is 228 g/mol. The van der Waals surface area contributed by atoms with Crippen molar-refractivity contribution in [1.29, 1.82) is 0 Å². The van der Waals surface area contributed by atoms with E-state index in [1.54, 1.807) is 21.0 Å². The first-order chi connectivity index (χ1) is 8.28. The Balaban J connectivity index is 3.21. The van der Waals surface area contributed by atoms with E-state index in [4.69, 9.17) is 4.74 Å². The highest BCUT2D eigenvalue weighted by atomic mass is 16.5. The van der Waals surface area contributed by atoms with Crippen LogP contribution in [0.2, 0.25) is 0 Å². The average molecular weight is 250 g/mol. The van der Waals surface area contributed by atoms with Crippen molar-refractivity contribution >= 4 is 5.97 Å². The Kier molecular flexibility index (Phi) is 4.38. The zero-order valence-corrected chi connectivity index (χ0v) is 11.8. The number of carboxylic acid groups (broad SMARTS) is 1. The van der Waals surface area contributed by atoms with Gasteiger partial charge in [-0.15, -0.1) is 0 Å². The first-order valence-corrected chi connectivity index (χ1v) is 6.19. The second kappa shape index (κ2) is 5.42. The van der Waals surface area contributed by atoms with Crippen molar-refractivity contribution < 1.29 is 14.6 Å². The van der Waals surface area contributed by atoms with Crippen LogP contribution in [0.15, 0.2) is 18.2 Å². The van der Waals surface area contributed by atoms with E-state index in [1.807, 2.05) is 18.2 Å². The smallest absolute Gasteiger partial charge is 0.313 e. The summed E-state index contributed by atoms with van der Waals surface area (Å²) in [4.78, 5) is 11.3. The van der Waals surface area contributed by atoms with Crippen LogP contribution in [-0.4, -0.2) is 18.2 Å². The zero-order chi connectivity index (χ0) is 13.9. The van der Waals surface area contributed by atoms with Crippen molar-refractivity contribution in [2.75, 3.05) is 7.11 Å². The fourth-order valence-corrected chi connectivity index (χ4v) is 1.89. The van der Waals surface area contributed by atoms with Gasteiger partial charge < -0.3 is 9.84 Å². The van der Waals surface area contributed by atoms with Gasteiger partial charge in [-0.05, 0) is 43.4 Å². The van der Waals surface area contributed by atoms with Gasteiger partial charge in [0.05, 0.1) is 12.5 Å². The Hall–Kier alpha value is -1.51. The molecule has 1 aromatic rings. The Labute approximate surface area is 109 Å². The molecule has 18 heavy (non-hydrogen) atoms. The molecule has 0 fully saturated rings. The number of ether oxygens (including phenoxy) is 1. The number of hydrogen-bond donors (Lipinski definition) is 1. The topological polar surface area (TPSA) is 46.5 Å². The molecule has 3 heteroatoms. The van der Waals surface area contributed by atoms with Gasteiger partial charge in [0.25, 0.3) is 0 Å². The largest absolute Gasteiger partial charge is 0.496 e. The van der Waals surface area contributed by atoms with Gasteiger partial charge in [-0.3, -0.25) is 4.79 Å². The van der Waals surface area contributed by atoms with Gasteiger partial charge in [-0.2, -0.15) is 0 Å². The molecule has 0 aliphatic heterocycles. The van der Waals surface area contributed by atoms with E-state index in [0.717, 1.165) is 23.3 Å². The molecule has 0 saturated heterocycles. The molecule has 100 valence electrons. The number of carboxylic acids is 1. The molecule has 0 saturated carbocycles. The van der Waals surface area contributed by atoms with E-state index in [2.05, 4.69) is 13.8 Å². The van der Waals surface area contributed by atoms with E-state index < -0.39 is 11.4 Å². The van der Waals surface area contributed by atoms with Crippen LogP contribution < -0.4 is 4.74 Å². The Morgan fingerprint density at radius 1 is 1.39 bits per heavy atom. The van der Waals surface area contributed by atoms with E-state index in [-0.39, 0.29) is 0 Å². The first-order valence-electron chi connectivity index (χ1n) is 6.19. The average Bonchev–Trinajstić information content (AvgIpc) is 2.27. The molecule has 3 nitrogen and oxygen atoms in total. The summed E-state index contributed by atoms with van der Waals surface area (Å²) in [6.07, 6.45) is 0.882. The third-order valence-corrected chi connectivity index (χ3v) is 3.16. The van der Waals surface area contributed by atoms with Crippen LogP contribution in [0.4, 0.5) is 0 Å². The first kappa shape index (κ1) is 14.6. The number of methoxy groups -OCH3 is 1. The van der Waals surface area contributed by atoms with E-state index in [0.29, 0.717) is 5.92 Å². The molecule has 0 aliphatic rings. The lowest BCUT2D eigenvalue weighted by Crippen LogP contribution is -2.28. The van der Waals surface area contributed by atoms with Crippen LogP contribution in [0, 0.1) is 5.92 Å². The molecule has 0 amide bonds. The predicted octanol–water partition coefficient (Wildman–Crippen LogP) is 3.26. The minimum absolute atomic E-state index is 0.502. The molecule has 0 radical (unpaired) electrons. The minimum Gasteiger partial charge on any atom is -0.496 e. The van der Waals surface area contributed by atoms with Gasteiger partial charge in [0, 0.05) is 0 Å². The molecule has 0 unspecified atom stereocenters. The molecule has 0 atom stereocenters. The van der Waals surface area contributed by atoms with Gasteiger partial charge in [-0.25, -0.2) is 0 Å². The molecule has 0 aromatic heterocycles. The highest BCUT2D eigenvalue weighted by molar-refractivity contribution is 5.80. The standard InChI is InChI=1S/C15H22O3/c1-10(2)8-11-9-12(6-7-13(11)18-5)15(3,4)14(16)17/h6-7,9-10H,8H2,1-5H3,(H,16,17). The van der Waals surface area contributed by atoms with Crippen molar-refractivity contribution in [3.8, 4) is 5.75 Å². The van der Waals surface area contributed by atoms with Crippen LogP contribution in [0.25, 0.3) is 0 Å².